The van der Waals surface area contributed by atoms with E-state index in [0.29, 0.717) is 18.0 Å². The fourth-order valence-electron chi connectivity index (χ4n) is 6.12. The number of carbonyl (C=O) groups is 1. The van der Waals surface area contributed by atoms with Gasteiger partial charge >= 0.3 is 6.03 Å². The van der Waals surface area contributed by atoms with Gasteiger partial charge in [-0.3, -0.25) is 4.90 Å². The minimum absolute atomic E-state index is 0.0142. The summed E-state index contributed by atoms with van der Waals surface area (Å²) in [5, 5.41) is 6.73. The number of carbonyl (C=O) groups excluding carboxylic acids is 1. The quantitative estimate of drug-likeness (QED) is 0.521. The van der Waals surface area contributed by atoms with Gasteiger partial charge in [0.2, 0.25) is 5.95 Å². The fourth-order valence-corrected chi connectivity index (χ4v) is 6.12. The average molecular weight is 520 g/mol. The summed E-state index contributed by atoms with van der Waals surface area (Å²) in [6.45, 7) is 10.3. The lowest BCUT2D eigenvalue weighted by Gasteiger charge is -2.42. The standard InChI is InChI=1S/C30H45N7O/c1-23(2)24-9-11-25(12-10-24)33-30(38)36-20-14-27(15-21-36)37-19-7-8-26(22-37)32-29-31-16-13-28(34-29)35-17-5-3-4-6-18-35/h9-13,16,23,26-27H,3-8,14-15,17-22H2,1-2H3,(H,33,38)(H,31,32,34). The number of anilines is 3. The van der Waals surface area contributed by atoms with Gasteiger partial charge in [0.15, 0.2) is 0 Å². The van der Waals surface area contributed by atoms with Gasteiger partial charge in [-0.05, 0) is 74.8 Å². The van der Waals surface area contributed by atoms with Crippen LogP contribution < -0.4 is 15.5 Å². The van der Waals surface area contributed by atoms with E-state index in [-0.39, 0.29) is 6.03 Å². The maximum absolute atomic E-state index is 12.9. The highest BCUT2D eigenvalue weighted by Gasteiger charge is 2.30. The second-order valence-corrected chi connectivity index (χ2v) is 11.5. The molecule has 2 N–H and O–H groups in total. The molecule has 1 aromatic carbocycles. The first-order valence-corrected chi connectivity index (χ1v) is 14.8. The fraction of sp³-hybridized carbons (Fsp3) is 0.633. The molecule has 3 aliphatic rings. The van der Waals surface area contributed by atoms with Crippen molar-refractivity contribution in [2.75, 3.05) is 54.8 Å². The van der Waals surface area contributed by atoms with Gasteiger partial charge in [-0.25, -0.2) is 9.78 Å². The minimum Gasteiger partial charge on any atom is -0.356 e. The third kappa shape index (κ3) is 6.95. The summed E-state index contributed by atoms with van der Waals surface area (Å²) in [7, 11) is 0. The van der Waals surface area contributed by atoms with Gasteiger partial charge in [-0.15, -0.1) is 0 Å². The summed E-state index contributed by atoms with van der Waals surface area (Å²) in [6.07, 6.45) is 11.4. The first kappa shape index (κ1) is 26.7. The van der Waals surface area contributed by atoms with Crippen LogP contribution in [0.25, 0.3) is 0 Å². The maximum atomic E-state index is 12.9. The van der Waals surface area contributed by atoms with E-state index in [2.05, 4.69) is 51.4 Å². The molecule has 3 aliphatic heterocycles. The van der Waals surface area contributed by atoms with Crippen LogP contribution in [0.1, 0.15) is 76.7 Å². The van der Waals surface area contributed by atoms with Crippen molar-refractivity contribution in [2.24, 2.45) is 0 Å². The molecule has 2 amide bonds. The molecule has 0 spiro atoms. The van der Waals surface area contributed by atoms with E-state index in [0.717, 1.165) is 76.0 Å². The van der Waals surface area contributed by atoms with Crippen molar-refractivity contribution < 1.29 is 4.79 Å². The van der Waals surface area contributed by atoms with Crippen molar-refractivity contribution >= 4 is 23.5 Å². The predicted octanol–water partition coefficient (Wildman–Crippen LogP) is 5.55. The largest absolute Gasteiger partial charge is 0.356 e. The number of piperidine rings is 2. The van der Waals surface area contributed by atoms with Crippen LogP contribution >= 0.6 is 0 Å². The zero-order valence-corrected chi connectivity index (χ0v) is 23.2. The molecule has 3 saturated heterocycles. The number of nitrogens with zero attached hydrogens (tertiary/aromatic N) is 5. The number of aromatic nitrogens is 2. The highest BCUT2D eigenvalue weighted by molar-refractivity contribution is 5.89. The van der Waals surface area contributed by atoms with E-state index in [4.69, 9.17) is 4.98 Å². The minimum atomic E-state index is 0.0142. The number of hydrogen-bond acceptors (Lipinski definition) is 6. The Bertz CT molecular complexity index is 1030. The highest BCUT2D eigenvalue weighted by atomic mass is 16.2. The summed E-state index contributed by atoms with van der Waals surface area (Å²) in [4.78, 5) is 29.3. The van der Waals surface area contributed by atoms with Crippen molar-refractivity contribution in [3.8, 4) is 0 Å². The molecule has 206 valence electrons. The van der Waals surface area contributed by atoms with Crippen LogP contribution in [0, 0.1) is 0 Å². The molecule has 8 nitrogen and oxygen atoms in total. The van der Waals surface area contributed by atoms with Gasteiger partial charge in [0, 0.05) is 56.7 Å². The predicted molar refractivity (Wildman–Crippen MR) is 155 cm³/mol. The number of likely N-dealkylation sites (tertiary alicyclic amines) is 2. The maximum Gasteiger partial charge on any atom is 0.321 e. The number of amides is 2. The van der Waals surface area contributed by atoms with Gasteiger partial charge in [0.25, 0.3) is 0 Å². The molecule has 1 aromatic heterocycles. The number of urea groups is 1. The Balaban J connectivity index is 1.09. The monoisotopic (exact) mass is 519 g/mol. The molecular weight excluding hydrogens is 474 g/mol. The lowest BCUT2D eigenvalue weighted by Crippen LogP contribution is -2.52. The van der Waals surface area contributed by atoms with E-state index in [1.54, 1.807) is 0 Å². The second kappa shape index (κ2) is 12.8. The lowest BCUT2D eigenvalue weighted by atomic mass is 9.98. The third-order valence-corrected chi connectivity index (χ3v) is 8.45. The molecule has 3 fully saturated rings. The van der Waals surface area contributed by atoms with E-state index < -0.39 is 0 Å². The van der Waals surface area contributed by atoms with Gasteiger partial charge < -0.3 is 20.4 Å². The summed E-state index contributed by atoms with van der Waals surface area (Å²) in [6, 6.07) is 11.2. The Morgan fingerprint density at radius 2 is 1.63 bits per heavy atom. The van der Waals surface area contributed by atoms with Crippen molar-refractivity contribution in [1.82, 2.24) is 19.8 Å². The van der Waals surface area contributed by atoms with E-state index in [9.17, 15) is 4.79 Å². The summed E-state index contributed by atoms with van der Waals surface area (Å²) in [5.41, 5.74) is 2.16. The topological polar surface area (TPSA) is 76.6 Å². The highest BCUT2D eigenvalue weighted by Crippen LogP contribution is 2.24. The van der Waals surface area contributed by atoms with Crippen LogP contribution in [-0.2, 0) is 0 Å². The van der Waals surface area contributed by atoms with Gasteiger partial charge in [-0.1, -0.05) is 38.8 Å². The molecule has 8 heteroatoms. The molecule has 0 aliphatic carbocycles. The van der Waals surface area contributed by atoms with Crippen LogP contribution in [-0.4, -0.2) is 77.2 Å². The average Bonchev–Trinajstić information content (AvgIpc) is 3.24. The third-order valence-electron chi connectivity index (χ3n) is 8.45. The molecule has 0 bridgehead atoms. The molecule has 1 unspecified atom stereocenters. The molecule has 0 saturated carbocycles. The smallest absolute Gasteiger partial charge is 0.321 e. The van der Waals surface area contributed by atoms with Crippen molar-refractivity contribution in [3.05, 3.63) is 42.1 Å². The van der Waals surface area contributed by atoms with Crippen LogP contribution in [0.4, 0.5) is 22.2 Å². The Morgan fingerprint density at radius 1 is 0.895 bits per heavy atom. The van der Waals surface area contributed by atoms with E-state index in [1.807, 2.05) is 29.3 Å². The molecule has 4 heterocycles. The number of hydrogen-bond donors (Lipinski definition) is 2. The normalized spacial score (nSPS) is 21.8. The molecule has 5 rings (SSSR count). The van der Waals surface area contributed by atoms with Crippen LogP contribution in [0.15, 0.2) is 36.5 Å². The van der Waals surface area contributed by atoms with Crippen LogP contribution in [0.3, 0.4) is 0 Å². The molecule has 1 atom stereocenters. The molecule has 0 radical (unpaired) electrons. The van der Waals surface area contributed by atoms with Gasteiger partial charge in [0.05, 0.1) is 0 Å². The van der Waals surface area contributed by atoms with Crippen molar-refractivity contribution in [3.63, 3.8) is 0 Å². The van der Waals surface area contributed by atoms with E-state index >= 15 is 0 Å². The van der Waals surface area contributed by atoms with Gasteiger partial charge in [-0.2, -0.15) is 4.98 Å². The first-order valence-electron chi connectivity index (χ1n) is 14.8. The van der Waals surface area contributed by atoms with Crippen LogP contribution in [0.5, 0.6) is 0 Å². The SMILES string of the molecule is CC(C)c1ccc(NC(=O)N2CCC(N3CCCC(Nc4nccc(N5CCCCCC5)n4)C3)CC2)cc1. The number of rotatable bonds is 6. The number of benzene rings is 1. The Morgan fingerprint density at radius 3 is 2.34 bits per heavy atom. The molecular formula is C30H45N7O. The lowest BCUT2D eigenvalue weighted by molar-refractivity contribution is 0.0997. The molecule has 38 heavy (non-hydrogen) atoms. The van der Waals surface area contributed by atoms with Crippen molar-refractivity contribution in [2.45, 2.75) is 83.2 Å². The summed E-state index contributed by atoms with van der Waals surface area (Å²) < 4.78 is 0. The van der Waals surface area contributed by atoms with Gasteiger partial charge in [0.1, 0.15) is 5.82 Å². The molecule has 2 aromatic rings. The first-order chi connectivity index (χ1) is 18.5. The van der Waals surface area contributed by atoms with Crippen LogP contribution in [0.2, 0.25) is 0 Å². The number of nitrogens with one attached hydrogen (secondary N) is 2. The zero-order valence-electron chi connectivity index (χ0n) is 23.2. The Hall–Kier alpha value is -2.87. The second-order valence-electron chi connectivity index (χ2n) is 11.5. The van der Waals surface area contributed by atoms with Crippen molar-refractivity contribution in [1.29, 1.82) is 0 Å². The summed E-state index contributed by atoms with van der Waals surface area (Å²) >= 11 is 0. The summed E-state index contributed by atoms with van der Waals surface area (Å²) in [5.74, 6) is 2.30. The zero-order chi connectivity index (χ0) is 26.3. The Kier molecular flexibility index (Phi) is 8.99. The Labute approximate surface area is 228 Å². The van der Waals surface area contributed by atoms with E-state index in [1.165, 1.54) is 37.7 Å².